The minimum atomic E-state index is -1.11. The number of anilines is 1. The Morgan fingerprint density at radius 1 is 1.28 bits per heavy atom. The van der Waals surface area contributed by atoms with Crippen LogP contribution in [0.2, 0.25) is 0 Å². The summed E-state index contributed by atoms with van der Waals surface area (Å²) in [5, 5.41) is 8.79. The first-order valence-corrected chi connectivity index (χ1v) is 8.55. The number of carbonyl (C=O) groups is 3. The summed E-state index contributed by atoms with van der Waals surface area (Å²) in [7, 11) is 0. The van der Waals surface area contributed by atoms with E-state index in [0.717, 1.165) is 22.9 Å². The van der Waals surface area contributed by atoms with Gasteiger partial charge in [-0.15, -0.1) is 0 Å². The number of carboxylic acid groups (broad SMARTS) is 1. The van der Waals surface area contributed by atoms with Crippen LogP contribution in [0.1, 0.15) is 27.9 Å². The van der Waals surface area contributed by atoms with Gasteiger partial charge in [-0.3, -0.25) is 9.59 Å². The Kier molecular flexibility index (Phi) is 4.59. The Hall–Kier alpha value is -2.67. The Labute approximate surface area is 148 Å². The Morgan fingerprint density at radius 3 is 2.72 bits per heavy atom. The maximum Gasteiger partial charge on any atom is 0.338 e. The smallest absolute Gasteiger partial charge is 0.338 e. The number of amides is 2. The summed E-state index contributed by atoms with van der Waals surface area (Å²) in [4.78, 5) is 41.7. The molecular formula is C18H16N2O4S. The van der Waals surface area contributed by atoms with Crippen molar-refractivity contribution in [3.8, 4) is 0 Å². The van der Waals surface area contributed by atoms with Gasteiger partial charge in [0.1, 0.15) is 5.03 Å². The van der Waals surface area contributed by atoms with Crippen LogP contribution >= 0.6 is 11.8 Å². The molecule has 0 radical (unpaired) electrons. The quantitative estimate of drug-likeness (QED) is 0.848. The number of thioether (sulfide) groups is 1. The molecule has 6 nitrogen and oxygen atoms in total. The van der Waals surface area contributed by atoms with Crippen molar-refractivity contribution >= 4 is 35.2 Å². The average molecular weight is 356 g/mol. The van der Waals surface area contributed by atoms with Gasteiger partial charge >= 0.3 is 5.97 Å². The third-order valence-electron chi connectivity index (χ3n) is 3.95. The van der Waals surface area contributed by atoms with Crippen molar-refractivity contribution in [2.45, 2.75) is 30.5 Å². The maximum absolute atomic E-state index is 12.7. The molecule has 0 aliphatic carbocycles. The number of aromatic nitrogens is 1. The number of imide groups is 1. The molecule has 7 heteroatoms. The van der Waals surface area contributed by atoms with Gasteiger partial charge in [0, 0.05) is 12.6 Å². The SMILES string of the molecule is Cc1ccc(N2C(=O)CC(Sc3ncccc3C(=O)O)C2=O)c(C)c1. The van der Waals surface area contributed by atoms with Crippen molar-refractivity contribution < 1.29 is 19.5 Å². The van der Waals surface area contributed by atoms with Crippen LogP contribution in [0.25, 0.3) is 0 Å². The lowest BCUT2D eigenvalue weighted by molar-refractivity contribution is -0.121. The predicted molar refractivity (Wildman–Crippen MR) is 93.9 cm³/mol. The standard InChI is InChI=1S/C18H16N2O4S/c1-10-5-6-13(11(2)8-10)20-15(21)9-14(17(20)22)25-16-12(18(23)24)4-3-7-19-16/h3-8,14H,9H2,1-2H3,(H,23,24). The third kappa shape index (κ3) is 3.28. The lowest BCUT2D eigenvalue weighted by Gasteiger charge is -2.17. The fourth-order valence-corrected chi connectivity index (χ4v) is 3.89. The largest absolute Gasteiger partial charge is 0.478 e. The van der Waals surface area contributed by atoms with E-state index in [4.69, 9.17) is 0 Å². The van der Waals surface area contributed by atoms with Crippen LogP contribution in [0.4, 0.5) is 5.69 Å². The number of benzene rings is 1. The molecule has 2 heterocycles. The molecule has 0 bridgehead atoms. The number of hydrogen-bond acceptors (Lipinski definition) is 5. The second-order valence-corrected chi connectivity index (χ2v) is 7.02. The summed E-state index contributed by atoms with van der Waals surface area (Å²) in [6.45, 7) is 3.79. The van der Waals surface area contributed by atoms with Crippen molar-refractivity contribution in [1.82, 2.24) is 4.98 Å². The zero-order chi connectivity index (χ0) is 18.1. The van der Waals surface area contributed by atoms with Gasteiger partial charge in [0.25, 0.3) is 0 Å². The van der Waals surface area contributed by atoms with Crippen molar-refractivity contribution in [2.75, 3.05) is 4.90 Å². The van der Waals surface area contributed by atoms with E-state index in [2.05, 4.69) is 4.98 Å². The monoisotopic (exact) mass is 356 g/mol. The lowest BCUT2D eigenvalue weighted by Crippen LogP contribution is -2.31. The van der Waals surface area contributed by atoms with Gasteiger partial charge in [0.15, 0.2) is 0 Å². The number of nitrogens with zero attached hydrogens (tertiary/aromatic N) is 2. The number of hydrogen-bond donors (Lipinski definition) is 1. The minimum Gasteiger partial charge on any atom is -0.478 e. The first-order valence-electron chi connectivity index (χ1n) is 7.67. The van der Waals surface area contributed by atoms with E-state index in [-0.39, 0.29) is 28.8 Å². The van der Waals surface area contributed by atoms with Crippen LogP contribution < -0.4 is 4.90 Å². The van der Waals surface area contributed by atoms with E-state index in [1.54, 1.807) is 6.07 Å². The second kappa shape index (κ2) is 6.68. The van der Waals surface area contributed by atoms with E-state index in [1.165, 1.54) is 23.2 Å². The zero-order valence-corrected chi connectivity index (χ0v) is 14.5. The molecule has 1 fully saturated rings. The molecule has 1 aliphatic heterocycles. The van der Waals surface area contributed by atoms with E-state index in [9.17, 15) is 19.5 Å². The molecule has 25 heavy (non-hydrogen) atoms. The number of carboxylic acids is 1. The van der Waals surface area contributed by atoms with Crippen LogP contribution in [0.3, 0.4) is 0 Å². The summed E-state index contributed by atoms with van der Waals surface area (Å²) < 4.78 is 0. The molecule has 1 aliphatic rings. The summed E-state index contributed by atoms with van der Waals surface area (Å²) in [6.07, 6.45) is 1.49. The highest BCUT2D eigenvalue weighted by molar-refractivity contribution is 8.00. The van der Waals surface area contributed by atoms with Crippen molar-refractivity contribution in [3.05, 3.63) is 53.2 Å². The van der Waals surface area contributed by atoms with Gasteiger partial charge in [-0.1, -0.05) is 29.5 Å². The summed E-state index contributed by atoms with van der Waals surface area (Å²) in [6, 6.07) is 8.48. The fourth-order valence-electron chi connectivity index (χ4n) is 2.79. The summed E-state index contributed by atoms with van der Waals surface area (Å²) in [5.74, 6) is -1.75. The highest BCUT2D eigenvalue weighted by Crippen LogP contribution is 2.35. The zero-order valence-electron chi connectivity index (χ0n) is 13.7. The summed E-state index contributed by atoms with van der Waals surface area (Å²) >= 11 is 1.02. The molecule has 128 valence electrons. The molecule has 1 aromatic carbocycles. The minimum absolute atomic E-state index is 0.0203. The molecule has 1 unspecified atom stereocenters. The number of carbonyl (C=O) groups excluding carboxylic acids is 2. The third-order valence-corrected chi connectivity index (χ3v) is 5.16. The van der Waals surface area contributed by atoms with Crippen LogP contribution in [0.5, 0.6) is 0 Å². The Bertz CT molecular complexity index is 881. The number of rotatable bonds is 4. The van der Waals surface area contributed by atoms with Crippen molar-refractivity contribution in [2.24, 2.45) is 0 Å². The molecular weight excluding hydrogens is 340 g/mol. The Balaban J connectivity index is 1.88. The van der Waals surface area contributed by atoms with Crippen LogP contribution in [-0.2, 0) is 9.59 Å². The fraction of sp³-hybridized carbons (Fsp3) is 0.222. The van der Waals surface area contributed by atoms with Crippen molar-refractivity contribution in [3.63, 3.8) is 0 Å². The molecule has 2 aromatic rings. The predicted octanol–water partition coefficient (Wildman–Crippen LogP) is 2.82. The molecule has 1 N–H and O–H groups in total. The van der Waals surface area contributed by atoms with Gasteiger partial charge in [0.2, 0.25) is 11.8 Å². The van der Waals surface area contributed by atoms with Gasteiger partial charge in [-0.2, -0.15) is 0 Å². The number of aromatic carboxylic acids is 1. The number of aryl methyl sites for hydroxylation is 2. The molecule has 1 atom stereocenters. The average Bonchev–Trinajstić information content (AvgIpc) is 2.82. The maximum atomic E-state index is 12.7. The molecule has 0 spiro atoms. The number of pyridine rings is 1. The van der Waals surface area contributed by atoms with Gasteiger partial charge in [0.05, 0.1) is 16.5 Å². The topological polar surface area (TPSA) is 87.6 Å². The van der Waals surface area contributed by atoms with E-state index in [1.807, 2.05) is 26.0 Å². The molecule has 0 saturated carbocycles. The van der Waals surface area contributed by atoms with Crippen LogP contribution in [0.15, 0.2) is 41.6 Å². The van der Waals surface area contributed by atoms with Crippen LogP contribution in [-0.4, -0.2) is 33.1 Å². The molecule has 1 saturated heterocycles. The molecule has 3 rings (SSSR count). The highest BCUT2D eigenvalue weighted by atomic mass is 32.2. The molecule has 2 amide bonds. The van der Waals surface area contributed by atoms with Gasteiger partial charge in [-0.05, 0) is 37.6 Å². The van der Waals surface area contributed by atoms with E-state index >= 15 is 0 Å². The summed E-state index contributed by atoms with van der Waals surface area (Å²) in [5.41, 5.74) is 2.49. The normalized spacial score (nSPS) is 17.2. The first kappa shape index (κ1) is 17.2. The Morgan fingerprint density at radius 2 is 2.04 bits per heavy atom. The highest BCUT2D eigenvalue weighted by Gasteiger charge is 2.41. The molecule has 1 aromatic heterocycles. The van der Waals surface area contributed by atoms with E-state index < -0.39 is 11.2 Å². The van der Waals surface area contributed by atoms with E-state index in [0.29, 0.717) is 5.69 Å². The lowest BCUT2D eigenvalue weighted by atomic mass is 10.1. The first-order chi connectivity index (χ1) is 11.9. The van der Waals surface area contributed by atoms with Crippen LogP contribution in [0, 0.1) is 13.8 Å². The van der Waals surface area contributed by atoms with Crippen molar-refractivity contribution in [1.29, 1.82) is 0 Å². The van der Waals surface area contributed by atoms with Gasteiger partial charge in [-0.25, -0.2) is 14.7 Å². The van der Waals surface area contributed by atoms with Gasteiger partial charge < -0.3 is 5.11 Å². The second-order valence-electron chi connectivity index (χ2n) is 5.83.